The van der Waals surface area contributed by atoms with Crippen LogP contribution in [0.15, 0.2) is 51.7 Å². The highest BCUT2D eigenvalue weighted by Gasteiger charge is 2.10. The van der Waals surface area contributed by atoms with Gasteiger partial charge in [-0.15, -0.1) is 0 Å². The van der Waals surface area contributed by atoms with Crippen LogP contribution in [0.25, 0.3) is 0 Å². The number of carbonyl (C=O) groups is 1. The van der Waals surface area contributed by atoms with Crippen molar-refractivity contribution in [2.45, 2.75) is 0 Å². The summed E-state index contributed by atoms with van der Waals surface area (Å²) in [6, 6.07) is 8.90. The topological polar surface area (TPSA) is 42.0 Å². The highest BCUT2D eigenvalue weighted by Crippen LogP contribution is 2.22. The fourth-order valence-electron chi connectivity index (χ4n) is 1.31. The van der Waals surface area contributed by atoms with E-state index in [0.29, 0.717) is 5.56 Å². The lowest BCUT2D eigenvalue weighted by Gasteiger charge is -2.06. The third-order valence-corrected chi connectivity index (χ3v) is 3.26. The molecule has 5 heteroatoms. The van der Waals surface area contributed by atoms with E-state index in [4.69, 9.17) is 0 Å². The monoisotopic (exact) mass is 354 g/mol. The molecule has 2 aromatic rings. The Labute approximate surface area is 116 Å². The van der Waals surface area contributed by atoms with Gasteiger partial charge in [-0.2, -0.15) is 0 Å². The number of aromatic nitrogens is 1. The van der Waals surface area contributed by atoms with E-state index in [9.17, 15) is 4.79 Å². The number of amides is 1. The van der Waals surface area contributed by atoms with Crippen LogP contribution in [-0.4, -0.2) is 10.9 Å². The number of pyridine rings is 1. The summed E-state index contributed by atoms with van der Waals surface area (Å²) in [7, 11) is 0. The molecule has 0 aliphatic carbocycles. The Morgan fingerprint density at radius 1 is 1.12 bits per heavy atom. The van der Waals surface area contributed by atoms with Gasteiger partial charge in [0.1, 0.15) is 0 Å². The van der Waals surface area contributed by atoms with Gasteiger partial charge in [-0.05, 0) is 46.3 Å². The van der Waals surface area contributed by atoms with Crippen molar-refractivity contribution in [1.82, 2.24) is 4.98 Å². The highest BCUT2D eigenvalue weighted by molar-refractivity contribution is 9.11. The summed E-state index contributed by atoms with van der Waals surface area (Å²) < 4.78 is 1.67. The largest absolute Gasteiger partial charge is 0.322 e. The quantitative estimate of drug-likeness (QED) is 0.888. The highest BCUT2D eigenvalue weighted by atomic mass is 79.9. The number of rotatable bonds is 2. The van der Waals surface area contributed by atoms with Gasteiger partial charge in [0, 0.05) is 27.0 Å². The number of anilines is 1. The smallest absolute Gasteiger partial charge is 0.256 e. The predicted molar refractivity (Wildman–Crippen MR) is 74.0 cm³/mol. The summed E-state index contributed by atoms with van der Waals surface area (Å²) in [4.78, 5) is 15.9. The first-order valence-electron chi connectivity index (χ1n) is 4.83. The summed E-state index contributed by atoms with van der Waals surface area (Å²) >= 11 is 6.70. The van der Waals surface area contributed by atoms with Crippen LogP contribution in [0.4, 0.5) is 5.69 Å². The van der Waals surface area contributed by atoms with E-state index in [1.807, 2.05) is 12.1 Å². The molecular weight excluding hydrogens is 348 g/mol. The van der Waals surface area contributed by atoms with Gasteiger partial charge in [0.2, 0.25) is 0 Å². The molecule has 17 heavy (non-hydrogen) atoms. The van der Waals surface area contributed by atoms with Gasteiger partial charge < -0.3 is 5.32 Å². The summed E-state index contributed by atoms with van der Waals surface area (Å²) in [5.74, 6) is -0.157. The van der Waals surface area contributed by atoms with Crippen molar-refractivity contribution >= 4 is 43.5 Å². The van der Waals surface area contributed by atoms with Gasteiger partial charge in [0.05, 0.1) is 5.56 Å². The molecule has 0 unspecified atom stereocenters. The number of hydrogen-bond acceptors (Lipinski definition) is 2. The minimum atomic E-state index is -0.157. The van der Waals surface area contributed by atoms with Gasteiger partial charge in [0.15, 0.2) is 0 Å². The van der Waals surface area contributed by atoms with E-state index in [1.165, 1.54) is 0 Å². The van der Waals surface area contributed by atoms with Gasteiger partial charge in [-0.25, -0.2) is 0 Å². The third kappa shape index (κ3) is 3.14. The molecule has 0 spiro atoms. The fraction of sp³-hybridized carbons (Fsp3) is 0. The lowest BCUT2D eigenvalue weighted by Crippen LogP contribution is -2.12. The summed E-state index contributed by atoms with van der Waals surface area (Å²) in [5, 5.41) is 2.79. The van der Waals surface area contributed by atoms with Crippen LogP contribution < -0.4 is 5.32 Å². The van der Waals surface area contributed by atoms with Crippen molar-refractivity contribution in [1.29, 1.82) is 0 Å². The molecule has 0 saturated carbocycles. The lowest BCUT2D eigenvalue weighted by molar-refractivity contribution is 0.102. The Hall–Kier alpha value is -1.20. The predicted octanol–water partition coefficient (Wildman–Crippen LogP) is 3.86. The maximum Gasteiger partial charge on any atom is 0.256 e. The van der Waals surface area contributed by atoms with Crippen LogP contribution in [0.3, 0.4) is 0 Å². The molecule has 0 fully saturated rings. The third-order valence-electron chi connectivity index (χ3n) is 2.11. The molecule has 0 aliphatic rings. The van der Waals surface area contributed by atoms with E-state index >= 15 is 0 Å². The zero-order valence-corrected chi connectivity index (χ0v) is 11.8. The molecule has 86 valence electrons. The lowest BCUT2D eigenvalue weighted by atomic mass is 10.2. The Balaban J connectivity index is 2.21. The van der Waals surface area contributed by atoms with Crippen molar-refractivity contribution in [3.63, 3.8) is 0 Å². The SMILES string of the molecule is O=C(Nc1ccncc1)c1ccc(Br)cc1Br. The average molecular weight is 356 g/mol. The zero-order chi connectivity index (χ0) is 12.3. The number of benzene rings is 1. The summed E-state index contributed by atoms with van der Waals surface area (Å²) in [6.07, 6.45) is 3.26. The van der Waals surface area contributed by atoms with Crippen molar-refractivity contribution in [2.75, 3.05) is 5.32 Å². The first kappa shape index (κ1) is 12.3. The molecule has 0 saturated heterocycles. The molecule has 2 rings (SSSR count). The number of hydrogen-bond donors (Lipinski definition) is 1. The van der Waals surface area contributed by atoms with Crippen LogP contribution in [0.2, 0.25) is 0 Å². The van der Waals surface area contributed by atoms with Crippen LogP contribution in [0.5, 0.6) is 0 Å². The van der Waals surface area contributed by atoms with Gasteiger partial charge >= 0.3 is 0 Å². The van der Waals surface area contributed by atoms with Crippen molar-refractivity contribution in [3.05, 3.63) is 57.2 Å². The van der Waals surface area contributed by atoms with Gasteiger partial charge in [-0.1, -0.05) is 15.9 Å². The van der Waals surface area contributed by atoms with Gasteiger partial charge in [-0.3, -0.25) is 9.78 Å². The number of nitrogens with one attached hydrogen (secondary N) is 1. The summed E-state index contributed by atoms with van der Waals surface area (Å²) in [5.41, 5.74) is 1.31. The normalized spacial score (nSPS) is 10.0. The van der Waals surface area contributed by atoms with E-state index in [-0.39, 0.29) is 5.91 Å². The minimum absolute atomic E-state index is 0.157. The Morgan fingerprint density at radius 2 is 1.82 bits per heavy atom. The zero-order valence-electron chi connectivity index (χ0n) is 8.65. The Morgan fingerprint density at radius 3 is 2.47 bits per heavy atom. The molecule has 3 nitrogen and oxygen atoms in total. The molecule has 1 aromatic carbocycles. The van der Waals surface area contributed by atoms with E-state index in [2.05, 4.69) is 42.2 Å². The van der Waals surface area contributed by atoms with E-state index in [0.717, 1.165) is 14.6 Å². The molecular formula is C12H8Br2N2O. The molecule has 0 atom stereocenters. The van der Waals surface area contributed by atoms with E-state index in [1.54, 1.807) is 30.6 Å². The molecule has 0 aliphatic heterocycles. The van der Waals surface area contributed by atoms with Gasteiger partial charge in [0.25, 0.3) is 5.91 Å². The molecule has 1 N–H and O–H groups in total. The van der Waals surface area contributed by atoms with Crippen LogP contribution in [0.1, 0.15) is 10.4 Å². The van der Waals surface area contributed by atoms with Crippen LogP contribution in [0, 0.1) is 0 Å². The first-order chi connectivity index (χ1) is 8.16. The van der Waals surface area contributed by atoms with Crippen molar-refractivity contribution in [2.24, 2.45) is 0 Å². The second-order valence-corrected chi connectivity index (χ2v) is 5.08. The maximum absolute atomic E-state index is 12.0. The first-order valence-corrected chi connectivity index (χ1v) is 6.42. The van der Waals surface area contributed by atoms with E-state index < -0.39 is 0 Å². The molecule has 1 amide bonds. The molecule has 0 radical (unpaired) electrons. The second kappa shape index (κ2) is 5.42. The Bertz CT molecular complexity index is 543. The summed E-state index contributed by atoms with van der Waals surface area (Å²) in [6.45, 7) is 0. The maximum atomic E-state index is 12.0. The van der Waals surface area contributed by atoms with Crippen LogP contribution in [-0.2, 0) is 0 Å². The number of carbonyl (C=O) groups excluding carboxylic acids is 1. The average Bonchev–Trinajstić information content (AvgIpc) is 2.30. The molecule has 1 heterocycles. The van der Waals surface area contributed by atoms with Crippen LogP contribution >= 0.6 is 31.9 Å². The number of halogens is 2. The second-order valence-electron chi connectivity index (χ2n) is 3.31. The fourth-order valence-corrected chi connectivity index (χ4v) is 2.53. The van der Waals surface area contributed by atoms with Crippen molar-refractivity contribution in [3.8, 4) is 0 Å². The molecule has 0 bridgehead atoms. The molecule has 1 aromatic heterocycles. The number of nitrogens with zero attached hydrogens (tertiary/aromatic N) is 1. The van der Waals surface area contributed by atoms with Crippen molar-refractivity contribution < 1.29 is 4.79 Å². The Kier molecular flexibility index (Phi) is 3.91. The standard InChI is InChI=1S/C12H8Br2N2O/c13-8-1-2-10(11(14)7-8)12(17)16-9-3-5-15-6-4-9/h1-7H,(H,15,16,17). The minimum Gasteiger partial charge on any atom is -0.322 e.